The van der Waals surface area contributed by atoms with Crippen molar-refractivity contribution in [3.63, 3.8) is 0 Å². The molecule has 1 aromatic heterocycles. The van der Waals surface area contributed by atoms with Crippen molar-refractivity contribution >= 4 is 51.9 Å². The first kappa shape index (κ1) is 21.5. The SMILES string of the molecule is N=C(Nc1ccc(F)c(Cl)c1)c1nonc1OCCNC(=O)CC1SC(=O)NC1=O. The predicted octanol–water partition coefficient (Wildman–Crippen LogP) is 1.54. The first-order valence-electron chi connectivity index (χ1n) is 8.38. The fourth-order valence-corrected chi connectivity index (χ4v) is 3.31. The zero-order valence-electron chi connectivity index (χ0n) is 15.0. The van der Waals surface area contributed by atoms with E-state index < -0.39 is 28.1 Å². The van der Waals surface area contributed by atoms with E-state index >= 15 is 0 Å². The maximum Gasteiger partial charge on any atom is 0.287 e. The summed E-state index contributed by atoms with van der Waals surface area (Å²) in [5, 5.41) is 21.1. The topological polar surface area (TPSA) is 159 Å². The molecule has 1 fully saturated rings. The number of nitrogens with one attached hydrogen (secondary N) is 4. The fraction of sp³-hybridized carbons (Fsp3) is 0.250. The Morgan fingerprint density at radius 3 is 2.90 bits per heavy atom. The molecule has 1 aromatic carbocycles. The van der Waals surface area contributed by atoms with Crippen LogP contribution in [0.4, 0.5) is 14.9 Å². The third kappa shape index (κ3) is 5.45. The molecular weight excluding hydrogens is 443 g/mol. The van der Waals surface area contributed by atoms with Gasteiger partial charge in [-0.15, -0.1) is 0 Å². The Labute approximate surface area is 177 Å². The minimum atomic E-state index is -0.753. The Morgan fingerprint density at radius 2 is 2.20 bits per heavy atom. The van der Waals surface area contributed by atoms with Gasteiger partial charge in [-0.05, 0) is 28.5 Å². The summed E-state index contributed by atoms with van der Waals surface area (Å²) in [5.74, 6) is -1.84. The highest BCUT2D eigenvalue weighted by atomic mass is 35.5. The zero-order valence-corrected chi connectivity index (χ0v) is 16.6. The lowest BCUT2D eigenvalue weighted by molar-refractivity contribution is -0.125. The molecule has 1 atom stereocenters. The molecule has 1 unspecified atom stereocenters. The second kappa shape index (κ2) is 9.54. The number of nitrogens with zero attached hydrogens (tertiary/aromatic N) is 2. The van der Waals surface area contributed by atoms with Gasteiger partial charge in [0.25, 0.3) is 11.1 Å². The third-order valence-corrected chi connectivity index (χ3v) is 4.96. The molecule has 30 heavy (non-hydrogen) atoms. The molecule has 3 rings (SSSR count). The van der Waals surface area contributed by atoms with Gasteiger partial charge >= 0.3 is 0 Å². The number of aromatic nitrogens is 2. The lowest BCUT2D eigenvalue weighted by Gasteiger charge is -2.09. The second-order valence-electron chi connectivity index (χ2n) is 5.83. The van der Waals surface area contributed by atoms with Crippen LogP contribution in [0.1, 0.15) is 12.1 Å². The highest BCUT2D eigenvalue weighted by Gasteiger charge is 2.33. The van der Waals surface area contributed by atoms with Crippen molar-refractivity contribution in [2.24, 2.45) is 0 Å². The van der Waals surface area contributed by atoms with Crippen molar-refractivity contribution in [3.8, 4) is 5.88 Å². The molecule has 158 valence electrons. The molecular formula is C16H14ClFN6O5S. The molecule has 2 heterocycles. The van der Waals surface area contributed by atoms with Crippen LogP contribution in [0.5, 0.6) is 5.88 Å². The molecule has 0 radical (unpaired) electrons. The smallest absolute Gasteiger partial charge is 0.287 e. The number of carbonyl (C=O) groups is 3. The van der Waals surface area contributed by atoms with Crippen molar-refractivity contribution in [3.05, 3.63) is 34.7 Å². The van der Waals surface area contributed by atoms with Gasteiger partial charge < -0.3 is 15.4 Å². The number of rotatable bonds is 8. The van der Waals surface area contributed by atoms with E-state index in [0.717, 1.165) is 17.8 Å². The van der Waals surface area contributed by atoms with Gasteiger partial charge in [0.1, 0.15) is 17.7 Å². The molecule has 3 amide bonds. The Hall–Kier alpha value is -3.19. The number of amides is 3. The zero-order chi connectivity index (χ0) is 21.7. The van der Waals surface area contributed by atoms with Crippen LogP contribution < -0.4 is 20.7 Å². The molecule has 1 saturated heterocycles. The maximum absolute atomic E-state index is 13.2. The largest absolute Gasteiger partial charge is 0.472 e. The first-order chi connectivity index (χ1) is 14.3. The summed E-state index contributed by atoms with van der Waals surface area (Å²) < 4.78 is 23.1. The molecule has 1 aliphatic rings. The summed E-state index contributed by atoms with van der Waals surface area (Å²) in [6.45, 7) is 0.0535. The molecule has 14 heteroatoms. The summed E-state index contributed by atoms with van der Waals surface area (Å²) in [6, 6.07) is 3.82. The minimum Gasteiger partial charge on any atom is -0.472 e. The normalized spacial score (nSPS) is 15.6. The number of ether oxygens (including phenoxy) is 1. The summed E-state index contributed by atoms with van der Waals surface area (Å²) in [4.78, 5) is 34.4. The van der Waals surface area contributed by atoms with Gasteiger partial charge in [0.15, 0.2) is 5.84 Å². The molecule has 0 aliphatic carbocycles. The number of carbonyl (C=O) groups excluding carboxylic acids is 3. The van der Waals surface area contributed by atoms with Crippen LogP contribution in [0, 0.1) is 11.2 Å². The fourth-order valence-electron chi connectivity index (χ4n) is 2.31. The van der Waals surface area contributed by atoms with Crippen molar-refractivity contribution in [2.75, 3.05) is 18.5 Å². The van der Waals surface area contributed by atoms with Gasteiger partial charge in [0.2, 0.25) is 17.5 Å². The van der Waals surface area contributed by atoms with Crippen LogP contribution in [0.3, 0.4) is 0 Å². The number of benzene rings is 1. The van der Waals surface area contributed by atoms with E-state index in [2.05, 4.69) is 30.9 Å². The summed E-state index contributed by atoms with van der Waals surface area (Å²) in [6.07, 6.45) is -0.145. The highest BCUT2D eigenvalue weighted by molar-refractivity contribution is 8.15. The predicted molar refractivity (Wildman–Crippen MR) is 104 cm³/mol. The minimum absolute atomic E-state index is 0.0223. The van der Waals surface area contributed by atoms with Gasteiger partial charge in [-0.2, -0.15) is 0 Å². The van der Waals surface area contributed by atoms with Gasteiger partial charge in [-0.3, -0.25) is 25.1 Å². The Kier molecular flexibility index (Phi) is 6.84. The second-order valence-corrected chi connectivity index (χ2v) is 7.42. The quantitative estimate of drug-likeness (QED) is 0.262. The van der Waals surface area contributed by atoms with Crippen LogP contribution in [0.15, 0.2) is 22.8 Å². The van der Waals surface area contributed by atoms with Crippen molar-refractivity contribution in [1.29, 1.82) is 5.41 Å². The van der Waals surface area contributed by atoms with Crippen LogP contribution >= 0.6 is 23.4 Å². The molecule has 4 N–H and O–H groups in total. The van der Waals surface area contributed by atoms with Crippen LogP contribution in [-0.4, -0.2) is 51.6 Å². The molecule has 11 nitrogen and oxygen atoms in total. The summed E-state index contributed by atoms with van der Waals surface area (Å²) in [7, 11) is 0. The standard InChI is InChI=1S/C16H14ClFN6O5S/c17-8-5-7(1-2-9(8)18)21-13(19)12-15(24-29-23-12)28-4-3-20-11(25)6-10-14(26)22-16(27)30-10/h1-2,5,10H,3-4,6H2,(H2,19,21)(H,20,25)(H,22,26,27). The van der Waals surface area contributed by atoms with E-state index in [1.165, 1.54) is 12.1 Å². The number of imide groups is 1. The number of anilines is 1. The first-order valence-corrected chi connectivity index (χ1v) is 9.64. The maximum atomic E-state index is 13.2. The Bertz CT molecular complexity index is 1000. The van der Waals surface area contributed by atoms with E-state index in [9.17, 15) is 18.8 Å². The van der Waals surface area contributed by atoms with Crippen LogP contribution in [0.2, 0.25) is 5.02 Å². The van der Waals surface area contributed by atoms with E-state index in [1.807, 2.05) is 0 Å². The number of thioether (sulfide) groups is 1. The molecule has 0 saturated carbocycles. The van der Waals surface area contributed by atoms with Crippen molar-refractivity contribution in [1.82, 2.24) is 20.9 Å². The highest BCUT2D eigenvalue weighted by Crippen LogP contribution is 2.22. The monoisotopic (exact) mass is 456 g/mol. The van der Waals surface area contributed by atoms with E-state index in [0.29, 0.717) is 5.69 Å². The average molecular weight is 457 g/mol. The Balaban J connectivity index is 1.45. The van der Waals surface area contributed by atoms with Crippen molar-refractivity contribution < 1.29 is 28.1 Å². The molecule has 1 aliphatic heterocycles. The van der Waals surface area contributed by atoms with Gasteiger partial charge in [-0.25, -0.2) is 9.02 Å². The average Bonchev–Trinajstić information content (AvgIpc) is 3.28. The molecule has 0 spiro atoms. The van der Waals surface area contributed by atoms with E-state index in [1.54, 1.807) is 0 Å². The number of halogens is 2. The van der Waals surface area contributed by atoms with Crippen LogP contribution in [0.25, 0.3) is 0 Å². The Morgan fingerprint density at radius 1 is 1.40 bits per heavy atom. The van der Waals surface area contributed by atoms with Gasteiger partial charge in [-0.1, -0.05) is 23.4 Å². The van der Waals surface area contributed by atoms with E-state index in [-0.39, 0.29) is 42.0 Å². The number of amidine groups is 1. The summed E-state index contributed by atoms with van der Waals surface area (Å²) in [5.41, 5.74) is 0.305. The van der Waals surface area contributed by atoms with Crippen molar-refractivity contribution in [2.45, 2.75) is 11.7 Å². The van der Waals surface area contributed by atoms with E-state index in [4.69, 9.17) is 21.7 Å². The third-order valence-electron chi connectivity index (χ3n) is 3.68. The van der Waals surface area contributed by atoms with Crippen LogP contribution in [-0.2, 0) is 9.59 Å². The lowest BCUT2D eigenvalue weighted by atomic mass is 10.2. The van der Waals surface area contributed by atoms with Gasteiger partial charge in [0.05, 0.1) is 11.6 Å². The number of hydrogen-bond acceptors (Lipinski definition) is 9. The lowest BCUT2D eigenvalue weighted by Crippen LogP contribution is -2.33. The molecule has 2 aromatic rings. The summed E-state index contributed by atoms with van der Waals surface area (Å²) >= 11 is 6.47. The van der Waals surface area contributed by atoms with Gasteiger partial charge in [0, 0.05) is 12.1 Å². The molecule has 0 bridgehead atoms. The number of hydrogen-bond donors (Lipinski definition) is 4.